The van der Waals surface area contributed by atoms with E-state index in [1.165, 1.54) is 0 Å². The quantitative estimate of drug-likeness (QED) is 0.774. The Bertz CT molecular complexity index is 355. The minimum Gasteiger partial charge on any atom is -0.335 e. The molecule has 0 aromatic heterocycles. The Labute approximate surface area is 89.2 Å². The Morgan fingerprint density at radius 1 is 1.27 bits per heavy atom. The van der Waals surface area contributed by atoms with Gasteiger partial charge in [0.15, 0.2) is 0 Å². The van der Waals surface area contributed by atoms with Crippen LogP contribution in [0.1, 0.15) is 18.4 Å². The summed E-state index contributed by atoms with van der Waals surface area (Å²) in [6.45, 7) is 0. The number of hydrogen-bond donors (Lipinski definition) is 2. The van der Waals surface area contributed by atoms with Crippen LogP contribution in [0.5, 0.6) is 0 Å². The molecule has 1 fully saturated rings. The molecule has 78 valence electrons. The van der Waals surface area contributed by atoms with Crippen molar-refractivity contribution in [2.24, 2.45) is 0 Å². The highest BCUT2D eigenvalue weighted by Gasteiger charge is 2.22. The van der Waals surface area contributed by atoms with Gasteiger partial charge >= 0.3 is 6.03 Å². The lowest BCUT2D eigenvalue weighted by atomic mass is 10.2. The highest BCUT2D eigenvalue weighted by atomic mass is 16.2. The van der Waals surface area contributed by atoms with Crippen molar-refractivity contribution in [1.29, 1.82) is 0 Å². The Hall–Kier alpha value is -1.77. The van der Waals surface area contributed by atoms with E-state index < -0.39 is 0 Å². The van der Waals surface area contributed by atoms with E-state index >= 15 is 0 Å². The molecule has 0 unspecified atom stereocenters. The van der Waals surface area contributed by atoms with Gasteiger partial charge in [-0.1, -0.05) is 30.3 Å². The number of rotatable bonds is 3. The lowest BCUT2D eigenvalue weighted by molar-refractivity contribution is 0.244. The summed E-state index contributed by atoms with van der Waals surface area (Å²) in [6, 6.07) is 10.1. The first-order valence-corrected chi connectivity index (χ1v) is 5.13. The van der Waals surface area contributed by atoms with Gasteiger partial charge in [-0.25, -0.2) is 4.79 Å². The summed E-state index contributed by atoms with van der Waals surface area (Å²) >= 11 is 0. The molecular weight excluding hydrogens is 188 g/mol. The van der Waals surface area contributed by atoms with E-state index in [9.17, 15) is 4.79 Å². The maximum absolute atomic E-state index is 11.2. The molecule has 1 aromatic rings. The smallest absolute Gasteiger partial charge is 0.318 e. The van der Waals surface area contributed by atoms with Gasteiger partial charge < -0.3 is 10.6 Å². The molecule has 1 aliphatic rings. The van der Waals surface area contributed by atoms with Crippen molar-refractivity contribution in [3.05, 3.63) is 42.1 Å². The van der Waals surface area contributed by atoms with Crippen LogP contribution in [0.2, 0.25) is 0 Å². The predicted molar refractivity (Wildman–Crippen MR) is 60.2 cm³/mol. The minimum atomic E-state index is -0.121. The summed E-state index contributed by atoms with van der Waals surface area (Å²) in [6.07, 6.45) is 5.74. The molecule has 0 heterocycles. The Kier molecular flexibility index (Phi) is 3.02. The molecule has 1 aromatic carbocycles. The molecule has 3 nitrogen and oxygen atoms in total. The summed E-state index contributed by atoms with van der Waals surface area (Å²) < 4.78 is 0. The van der Waals surface area contributed by atoms with Crippen LogP contribution >= 0.6 is 0 Å². The fourth-order valence-corrected chi connectivity index (χ4v) is 1.23. The van der Waals surface area contributed by atoms with E-state index in [1.807, 2.05) is 36.4 Å². The molecule has 0 atom stereocenters. The van der Waals surface area contributed by atoms with Gasteiger partial charge in [0.05, 0.1) is 0 Å². The number of hydrogen-bond acceptors (Lipinski definition) is 1. The van der Waals surface area contributed by atoms with Crippen LogP contribution in [0.25, 0.3) is 6.08 Å². The number of carbonyl (C=O) groups is 1. The first-order chi connectivity index (χ1) is 7.34. The number of urea groups is 1. The van der Waals surface area contributed by atoms with Crippen LogP contribution in [-0.2, 0) is 0 Å². The van der Waals surface area contributed by atoms with E-state index in [0.717, 1.165) is 18.4 Å². The molecule has 2 rings (SSSR count). The van der Waals surface area contributed by atoms with E-state index in [2.05, 4.69) is 10.6 Å². The SMILES string of the molecule is O=C(N/C=C/c1ccccc1)NC1CC1. The highest BCUT2D eigenvalue weighted by molar-refractivity contribution is 5.76. The zero-order chi connectivity index (χ0) is 10.5. The Morgan fingerprint density at radius 2 is 2.00 bits per heavy atom. The third-order valence-corrected chi connectivity index (χ3v) is 2.20. The molecule has 0 radical (unpaired) electrons. The van der Waals surface area contributed by atoms with Crippen LogP contribution in [0.15, 0.2) is 36.5 Å². The van der Waals surface area contributed by atoms with E-state index in [-0.39, 0.29) is 6.03 Å². The third-order valence-electron chi connectivity index (χ3n) is 2.20. The second-order valence-corrected chi connectivity index (χ2v) is 3.64. The summed E-state index contributed by atoms with van der Waals surface area (Å²) in [5.41, 5.74) is 1.07. The van der Waals surface area contributed by atoms with Gasteiger partial charge in [0.25, 0.3) is 0 Å². The molecule has 15 heavy (non-hydrogen) atoms. The molecule has 1 aliphatic carbocycles. The molecule has 0 bridgehead atoms. The van der Waals surface area contributed by atoms with Crippen LogP contribution in [0, 0.1) is 0 Å². The van der Waals surface area contributed by atoms with Crippen LogP contribution in [0.3, 0.4) is 0 Å². The number of benzene rings is 1. The molecule has 2 N–H and O–H groups in total. The Balaban J connectivity index is 1.76. The fraction of sp³-hybridized carbons (Fsp3) is 0.250. The van der Waals surface area contributed by atoms with Crippen molar-refractivity contribution in [3.8, 4) is 0 Å². The molecule has 3 heteroatoms. The molecule has 0 spiro atoms. The Morgan fingerprint density at radius 3 is 2.67 bits per heavy atom. The first kappa shape index (κ1) is 9.77. The van der Waals surface area contributed by atoms with Gasteiger partial charge in [0, 0.05) is 12.2 Å². The lowest BCUT2D eigenvalue weighted by Gasteiger charge is -2.00. The van der Waals surface area contributed by atoms with Gasteiger partial charge in [0.2, 0.25) is 0 Å². The molecule has 2 amide bonds. The number of carbonyl (C=O) groups excluding carboxylic acids is 1. The first-order valence-electron chi connectivity index (χ1n) is 5.13. The van der Waals surface area contributed by atoms with E-state index in [1.54, 1.807) is 6.20 Å². The molecule has 0 aliphatic heterocycles. The maximum Gasteiger partial charge on any atom is 0.318 e. The monoisotopic (exact) mass is 202 g/mol. The van der Waals surface area contributed by atoms with Gasteiger partial charge in [-0.05, 0) is 24.5 Å². The van der Waals surface area contributed by atoms with Crippen molar-refractivity contribution in [2.45, 2.75) is 18.9 Å². The van der Waals surface area contributed by atoms with Gasteiger partial charge in [-0.3, -0.25) is 0 Å². The van der Waals surface area contributed by atoms with Crippen LogP contribution < -0.4 is 10.6 Å². The third kappa shape index (κ3) is 3.46. The van der Waals surface area contributed by atoms with Crippen LogP contribution in [-0.4, -0.2) is 12.1 Å². The summed E-state index contributed by atoms with van der Waals surface area (Å²) in [5, 5.41) is 5.51. The molecular formula is C12H14N2O. The van der Waals surface area contributed by atoms with Crippen molar-refractivity contribution in [2.75, 3.05) is 0 Å². The van der Waals surface area contributed by atoms with Crippen molar-refractivity contribution in [1.82, 2.24) is 10.6 Å². The zero-order valence-corrected chi connectivity index (χ0v) is 8.44. The normalized spacial score (nSPS) is 15.2. The average Bonchev–Trinajstić information content (AvgIpc) is 3.03. The second kappa shape index (κ2) is 4.64. The van der Waals surface area contributed by atoms with Crippen molar-refractivity contribution < 1.29 is 4.79 Å². The van der Waals surface area contributed by atoms with Crippen LogP contribution in [0.4, 0.5) is 4.79 Å². The maximum atomic E-state index is 11.2. The number of amides is 2. The second-order valence-electron chi connectivity index (χ2n) is 3.64. The summed E-state index contributed by atoms with van der Waals surface area (Å²) in [4.78, 5) is 11.2. The van der Waals surface area contributed by atoms with Gasteiger partial charge in [0.1, 0.15) is 0 Å². The van der Waals surface area contributed by atoms with E-state index in [4.69, 9.17) is 0 Å². The predicted octanol–water partition coefficient (Wildman–Crippen LogP) is 2.12. The summed E-state index contributed by atoms with van der Waals surface area (Å²) in [5.74, 6) is 0. The fourth-order valence-electron chi connectivity index (χ4n) is 1.23. The highest BCUT2D eigenvalue weighted by Crippen LogP contribution is 2.18. The van der Waals surface area contributed by atoms with Gasteiger partial charge in [-0.15, -0.1) is 0 Å². The van der Waals surface area contributed by atoms with Crippen molar-refractivity contribution >= 4 is 12.1 Å². The van der Waals surface area contributed by atoms with Gasteiger partial charge in [-0.2, -0.15) is 0 Å². The number of nitrogens with one attached hydrogen (secondary N) is 2. The van der Waals surface area contributed by atoms with Crippen molar-refractivity contribution in [3.63, 3.8) is 0 Å². The standard InChI is InChI=1S/C12H14N2O/c15-12(14-11-6-7-11)13-9-8-10-4-2-1-3-5-10/h1-5,8-9,11H,6-7H2,(H2,13,14,15)/b9-8+. The molecule has 0 saturated heterocycles. The zero-order valence-electron chi connectivity index (χ0n) is 8.44. The minimum absolute atomic E-state index is 0.121. The topological polar surface area (TPSA) is 41.1 Å². The average molecular weight is 202 g/mol. The van der Waals surface area contributed by atoms with E-state index in [0.29, 0.717) is 6.04 Å². The summed E-state index contributed by atoms with van der Waals surface area (Å²) in [7, 11) is 0. The lowest BCUT2D eigenvalue weighted by Crippen LogP contribution is -2.33. The molecule has 1 saturated carbocycles. The largest absolute Gasteiger partial charge is 0.335 e.